The molecule has 0 spiro atoms. The van der Waals surface area contributed by atoms with E-state index in [4.69, 9.17) is 0 Å². The molecule has 1 aromatic carbocycles. The van der Waals surface area contributed by atoms with Crippen molar-refractivity contribution in [3.05, 3.63) is 49.1 Å². The summed E-state index contributed by atoms with van der Waals surface area (Å²) in [5, 5.41) is 13.5. The van der Waals surface area contributed by atoms with Crippen molar-refractivity contribution in [2.75, 3.05) is 0 Å². The normalized spacial score (nSPS) is 9.25. The highest BCUT2D eigenvalue weighted by molar-refractivity contribution is 5.56. The summed E-state index contributed by atoms with van der Waals surface area (Å²) in [7, 11) is 0. The molecule has 3 aromatic rings. The standard InChI is InChI=1S/C8H6N2O.C2H2N2O/c1-2-4-7(5-3-1)8-6-11-10-9-8;1-2-5-4-3-1/h1-6H;1-2H. The van der Waals surface area contributed by atoms with E-state index in [0.717, 1.165) is 11.3 Å². The van der Waals surface area contributed by atoms with E-state index in [1.165, 1.54) is 18.7 Å². The minimum atomic E-state index is 0.769. The predicted molar refractivity (Wildman–Crippen MR) is 54.0 cm³/mol. The Bertz CT molecular complexity index is 462. The lowest BCUT2D eigenvalue weighted by Gasteiger charge is -1.89. The minimum Gasteiger partial charge on any atom is -0.346 e. The molecule has 0 bridgehead atoms. The van der Waals surface area contributed by atoms with Crippen LogP contribution in [-0.2, 0) is 0 Å². The zero-order valence-electron chi connectivity index (χ0n) is 8.22. The first-order valence-corrected chi connectivity index (χ1v) is 4.50. The molecule has 16 heavy (non-hydrogen) atoms. The fourth-order valence-corrected chi connectivity index (χ4v) is 1.04. The van der Waals surface area contributed by atoms with Crippen molar-refractivity contribution in [2.45, 2.75) is 0 Å². The fourth-order valence-electron chi connectivity index (χ4n) is 1.04. The summed E-state index contributed by atoms with van der Waals surface area (Å²) in [6, 6.07) is 9.77. The van der Waals surface area contributed by atoms with E-state index >= 15 is 0 Å². The van der Waals surface area contributed by atoms with Crippen molar-refractivity contribution in [3.8, 4) is 11.3 Å². The Hall–Kier alpha value is -2.50. The molecule has 0 aliphatic carbocycles. The number of hydrogen-bond donors (Lipinski definition) is 0. The topological polar surface area (TPSA) is 77.8 Å². The van der Waals surface area contributed by atoms with Crippen LogP contribution in [0.3, 0.4) is 0 Å². The van der Waals surface area contributed by atoms with Crippen molar-refractivity contribution in [1.82, 2.24) is 20.7 Å². The second kappa shape index (κ2) is 5.40. The van der Waals surface area contributed by atoms with E-state index in [1.807, 2.05) is 30.3 Å². The molecule has 0 unspecified atom stereocenters. The van der Waals surface area contributed by atoms with Crippen LogP contribution < -0.4 is 0 Å². The fraction of sp³-hybridized carbons (Fsp3) is 0. The largest absolute Gasteiger partial charge is 0.346 e. The lowest BCUT2D eigenvalue weighted by Crippen LogP contribution is -1.75. The summed E-state index contributed by atoms with van der Waals surface area (Å²) in [6.45, 7) is 0. The first-order chi connectivity index (χ1) is 7.97. The third-order valence-electron chi connectivity index (χ3n) is 1.71. The van der Waals surface area contributed by atoms with Gasteiger partial charge in [-0.3, -0.25) is 0 Å². The minimum absolute atomic E-state index is 0.769. The van der Waals surface area contributed by atoms with Crippen LogP contribution in [-0.4, -0.2) is 20.7 Å². The van der Waals surface area contributed by atoms with Crippen molar-refractivity contribution in [3.63, 3.8) is 0 Å². The van der Waals surface area contributed by atoms with E-state index < -0.39 is 0 Å². The molecular weight excluding hydrogens is 208 g/mol. The van der Waals surface area contributed by atoms with Crippen molar-refractivity contribution in [1.29, 1.82) is 0 Å². The summed E-state index contributed by atoms with van der Waals surface area (Å²) in [6.07, 6.45) is 4.40. The van der Waals surface area contributed by atoms with Crippen LogP contribution in [0.4, 0.5) is 0 Å². The molecule has 3 rings (SSSR count). The van der Waals surface area contributed by atoms with Crippen LogP contribution >= 0.6 is 0 Å². The Balaban J connectivity index is 0.000000162. The number of rotatable bonds is 1. The van der Waals surface area contributed by atoms with E-state index in [2.05, 4.69) is 29.8 Å². The molecule has 0 fully saturated rings. The molecule has 6 nitrogen and oxygen atoms in total. The average Bonchev–Trinajstić information content (AvgIpc) is 3.07. The van der Waals surface area contributed by atoms with Crippen molar-refractivity contribution < 1.29 is 9.05 Å². The highest BCUT2D eigenvalue weighted by Gasteiger charge is 1.98. The van der Waals surface area contributed by atoms with Crippen LogP contribution in [0.15, 0.2) is 58.1 Å². The SMILES string of the molecule is c1ccc(-c2conn2)cc1.c1conn1. The van der Waals surface area contributed by atoms with E-state index in [-0.39, 0.29) is 0 Å². The van der Waals surface area contributed by atoms with Gasteiger partial charge in [0, 0.05) is 16.1 Å². The first-order valence-electron chi connectivity index (χ1n) is 4.50. The Morgan fingerprint density at radius 1 is 0.938 bits per heavy atom. The van der Waals surface area contributed by atoms with Crippen LogP contribution in [0.1, 0.15) is 0 Å². The zero-order chi connectivity index (χ0) is 11.1. The highest BCUT2D eigenvalue weighted by atomic mass is 16.5. The number of nitrogens with zero attached hydrogens (tertiary/aromatic N) is 4. The molecule has 2 aromatic heterocycles. The smallest absolute Gasteiger partial charge is 0.152 e. The lowest BCUT2D eigenvalue weighted by molar-refractivity contribution is 0.392. The average molecular weight is 216 g/mol. The second-order valence-electron chi connectivity index (χ2n) is 2.74. The number of benzene rings is 1. The quantitative estimate of drug-likeness (QED) is 0.617. The van der Waals surface area contributed by atoms with Crippen molar-refractivity contribution >= 4 is 0 Å². The van der Waals surface area contributed by atoms with Gasteiger partial charge < -0.3 is 9.05 Å². The molecule has 0 saturated carbocycles. The van der Waals surface area contributed by atoms with Gasteiger partial charge in [-0.05, 0) is 0 Å². The Morgan fingerprint density at radius 2 is 1.81 bits per heavy atom. The summed E-state index contributed by atoms with van der Waals surface area (Å²) >= 11 is 0. The molecule has 0 aliphatic rings. The van der Waals surface area contributed by atoms with Gasteiger partial charge in [0.25, 0.3) is 0 Å². The van der Waals surface area contributed by atoms with E-state index in [9.17, 15) is 0 Å². The maximum Gasteiger partial charge on any atom is 0.152 e. The van der Waals surface area contributed by atoms with Gasteiger partial charge in [-0.25, -0.2) is 0 Å². The van der Waals surface area contributed by atoms with Gasteiger partial charge >= 0.3 is 0 Å². The number of aromatic nitrogens is 4. The molecule has 2 heterocycles. The van der Waals surface area contributed by atoms with Crippen LogP contribution in [0.2, 0.25) is 0 Å². The molecule has 0 saturated heterocycles. The van der Waals surface area contributed by atoms with Gasteiger partial charge in [0.05, 0.1) is 6.20 Å². The van der Waals surface area contributed by atoms with Gasteiger partial charge in [-0.1, -0.05) is 30.3 Å². The Kier molecular flexibility index (Phi) is 3.38. The van der Waals surface area contributed by atoms with Gasteiger partial charge in [0.1, 0.15) is 12.0 Å². The van der Waals surface area contributed by atoms with Crippen LogP contribution in [0.5, 0.6) is 0 Å². The second-order valence-corrected chi connectivity index (χ2v) is 2.74. The molecule has 80 valence electrons. The zero-order valence-corrected chi connectivity index (χ0v) is 8.22. The maximum absolute atomic E-state index is 4.61. The predicted octanol–water partition coefficient (Wildman–Crippen LogP) is 1.81. The molecule has 0 N–H and O–H groups in total. The summed E-state index contributed by atoms with van der Waals surface area (Å²) in [5.74, 6) is 0. The molecule has 0 amide bonds. The van der Waals surface area contributed by atoms with Gasteiger partial charge in [0.2, 0.25) is 0 Å². The highest BCUT2D eigenvalue weighted by Crippen LogP contribution is 2.13. The molecule has 0 radical (unpaired) electrons. The molecule has 0 aliphatic heterocycles. The summed E-state index contributed by atoms with van der Waals surface area (Å²) in [5.41, 5.74) is 1.79. The van der Waals surface area contributed by atoms with E-state index in [1.54, 1.807) is 0 Å². The van der Waals surface area contributed by atoms with Gasteiger partial charge in [-0.2, -0.15) is 0 Å². The molecule has 0 atom stereocenters. The lowest BCUT2D eigenvalue weighted by atomic mass is 10.2. The van der Waals surface area contributed by atoms with Gasteiger partial charge in [0.15, 0.2) is 6.26 Å². The molecular formula is C10H8N4O2. The summed E-state index contributed by atoms with van der Waals surface area (Å²) < 4.78 is 8.83. The van der Waals surface area contributed by atoms with Crippen LogP contribution in [0.25, 0.3) is 11.3 Å². The third kappa shape index (κ3) is 2.74. The summed E-state index contributed by atoms with van der Waals surface area (Å²) in [4.78, 5) is 0. The monoisotopic (exact) mass is 216 g/mol. The third-order valence-corrected chi connectivity index (χ3v) is 1.71. The number of hydrogen-bond acceptors (Lipinski definition) is 6. The van der Waals surface area contributed by atoms with Gasteiger partial charge in [-0.15, -0.1) is 10.2 Å². The van der Waals surface area contributed by atoms with E-state index in [0.29, 0.717) is 0 Å². The molecule has 6 heteroatoms. The maximum atomic E-state index is 4.61. The Morgan fingerprint density at radius 3 is 2.31 bits per heavy atom. The van der Waals surface area contributed by atoms with Crippen molar-refractivity contribution in [2.24, 2.45) is 0 Å². The Labute approximate surface area is 90.9 Å². The first kappa shape index (κ1) is 10.0. The van der Waals surface area contributed by atoms with Crippen LogP contribution in [0, 0.1) is 0 Å².